The first-order valence-corrected chi connectivity index (χ1v) is 10.6. The SMILES string of the molecule is CCOc1ccccc1C1NC(=O)N(CC(=O)NCc2ccc(OC)cc2)C2=C1C(=O)OC2. The summed E-state index contributed by atoms with van der Waals surface area (Å²) in [5, 5.41) is 5.62. The van der Waals surface area contributed by atoms with Crippen molar-refractivity contribution in [1.82, 2.24) is 15.5 Å². The van der Waals surface area contributed by atoms with Crippen molar-refractivity contribution in [3.05, 3.63) is 70.9 Å². The van der Waals surface area contributed by atoms with E-state index < -0.39 is 18.0 Å². The van der Waals surface area contributed by atoms with Crippen LogP contribution in [0.5, 0.6) is 11.5 Å². The monoisotopic (exact) mass is 451 g/mol. The van der Waals surface area contributed by atoms with Crippen molar-refractivity contribution in [3.63, 3.8) is 0 Å². The van der Waals surface area contributed by atoms with Crippen LogP contribution in [-0.2, 0) is 20.9 Å². The minimum Gasteiger partial charge on any atom is -0.497 e. The number of urea groups is 1. The fraction of sp³-hybridized carbons (Fsp3) is 0.292. The number of cyclic esters (lactones) is 1. The number of nitrogens with zero attached hydrogens (tertiary/aromatic N) is 1. The summed E-state index contributed by atoms with van der Waals surface area (Å²) in [6, 6.07) is 13.3. The predicted molar refractivity (Wildman–Crippen MR) is 118 cm³/mol. The van der Waals surface area contributed by atoms with Gasteiger partial charge in [0.15, 0.2) is 0 Å². The van der Waals surface area contributed by atoms with Crippen molar-refractivity contribution in [2.24, 2.45) is 0 Å². The maximum Gasteiger partial charge on any atom is 0.338 e. The van der Waals surface area contributed by atoms with Crippen LogP contribution in [0, 0.1) is 0 Å². The van der Waals surface area contributed by atoms with E-state index in [0.29, 0.717) is 35.7 Å². The van der Waals surface area contributed by atoms with Gasteiger partial charge in [-0.1, -0.05) is 30.3 Å². The summed E-state index contributed by atoms with van der Waals surface area (Å²) in [7, 11) is 1.58. The van der Waals surface area contributed by atoms with E-state index in [4.69, 9.17) is 14.2 Å². The molecular weight excluding hydrogens is 426 g/mol. The van der Waals surface area contributed by atoms with Gasteiger partial charge >= 0.3 is 12.0 Å². The molecule has 0 spiro atoms. The molecule has 2 aromatic rings. The van der Waals surface area contributed by atoms with Gasteiger partial charge in [-0.3, -0.25) is 9.69 Å². The molecule has 1 unspecified atom stereocenters. The zero-order chi connectivity index (χ0) is 23.4. The molecule has 0 aromatic heterocycles. The van der Waals surface area contributed by atoms with Crippen molar-refractivity contribution in [3.8, 4) is 11.5 Å². The maximum atomic E-state index is 13.0. The average molecular weight is 451 g/mol. The highest BCUT2D eigenvalue weighted by Crippen LogP contribution is 2.38. The minimum absolute atomic E-state index is 0.0688. The third-order valence-corrected chi connectivity index (χ3v) is 5.48. The van der Waals surface area contributed by atoms with Crippen LogP contribution in [0.15, 0.2) is 59.8 Å². The lowest BCUT2D eigenvalue weighted by atomic mass is 9.95. The fourth-order valence-electron chi connectivity index (χ4n) is 3.86. The van der Waals surface area contributed by atoms with E-state index in [1.54, 1.807) is 31.4 Å². The minimum atomic E-state index is -0.719. The Labute approximate surface area is 191 Å². The highest BCUT2D eigenvalue weighted by atomic mass is 16.5. The number of para-hydroxylation sites is 1. The number of esters is 1. The van der Waals surface area contributed by atoms with Crippen LogP contribution in [0.25, 0.3) is 0 Å². The average Bonchev–Trinajstić information content (AvgIpc) is 3.22. The van der Waals surface area contributed by atoms with Gasteiger partial charge in [-0.15, -0.1) is 0 Å². The van der Waals surface area contributed by atoms with E-state index in [1.165, 1.54) is 4.90 Å². The summed E-state index contributed by atoms with van der Waals surface area (Å²) < 4.78 is 16.0. The number of hydrogen-bond donors (Lipinski definition) is 2. The Morgan fingerprint density at radius 3 is 2.67 bits per heavy atom. The van der Waals surface area contributed by atoms with Crippen LogP contribution >= 0.6 is 0 Å². The van der Waals surface area contributed by atoms with E-state index in [2.05, 4.69) is 10.6 Å². The molecule has 0 saturated carbocycles. The molecule has 3 amide bonds. The van der Waals surface area contributed by atoms with Gasteiger partial charge in [0.2, 0.25) is 5.91 Å². The lowest BCUT2D eigenvalue weighted by Gasteiger charge is -2.33. The van der Waals surface area contributed by atoms with Crippen LogP contribution in [-0.4, -0.2) is 49.7 Å². The molecule has 0 fully saturated rings. The number of carbonyl (C=O) groups is 3. The molecule has 0 saturated heterocycles. The Kier molecular flexibility index (Phi) is 6.48. The topological polar surface area (TPSA) is 106 Å². The number of carbonyl (C=O) groups excluding carboxylic acids is 3. The van der Waals surface area contributed by atoms with Crippen LogP contribution < -0.4 is 20.1 Å². The summed E-state index contributed by atoms with van der Waals surface area (Å²) >= 11 is 0. The van der Waals surface area contributed by atoms with Crippen LogP contribution in [0.3, 0.4) is 0 Å². The molecule has 1 atom stereocenters. The molecule has 4 rings (SSSR count). The van der Waals surface area contributed by atoms with E-state index >= 15 is 0 Å². The maximum absolute atomic E-state index is 13.0. The normalized spacial score (nSPS) is 17.3. The Balaban J connectivity index is 1.52. The molecule has 0 bridgehead atoms. The summed E-state index contributed by atoms with van der Waals surface area (Å²) in [5.74, 6) is 0.411. The summed E-state index contributed by atoms with van der Waals surface area (Å²) in [4.78, 5) is 39.4. The molecular formula is C24H25N3O6. The second-order valence-electron chi connectivity index (χ2n) is 7.50. The van der Waals surface area contributed by atoms with E-state index in [0.717, 1.165) is 11.3 Å². The molecule has 9 heteroatoms. The molecule has 2 aliphatic heterocycles. The molecule has 0 aliphatic carbocycles. The molecule has 9 nitrogen and oxygen atoms in total. The number of methoxy groups -OCH3 is 1. The van der Waals surface area contributed by atoms with Crippen molar-refractivity contribution < 1.29 is 28.6 Å². The van der Waals surface area contributed by atoms with Crippen LogP contribution in [0.1, 0.15) is 24.1 Å². The second kappa shape index (κ2) is 9.64. The van der Waals surface area contributed by atoms with Gasteiger partial charge in [-0.2, -0.15) is 0 Å². The van der Waals surface area contributed by atoms with Gasteiger partial charge in [0.05, 0.1) is 31.0 Å². The fourth-order valence-corrected chi connectivity index (χ4v) is 3.86. The lowest BCUT2D eigenvalue weighted by Crippen LogP contribution is -2.50. The zero-order valence-electron chi connectivity index (χ0n) is 18.4. The van der Waals surface area contributed by atoms with Crippen LogP contribution in [0.4, 0.5) is 4.79 Å². The predicted octanol–water partition coefficient (Wildman–Crippen LogP) is 2.29. The van der Waals surface area contributed by atoms with Crippen molar-refractivity contribution >= 4 is 17.9 Å². The van der Waals surface area contributed by atoms with E-state index in [1.807, 2.05) is 31.2 Å². The Hall–Kier alpha value is -4.01. The molecule has 2 aromatic carbocycles. The van der Waals surface area contributed by atoms with Crippen molar-refractivity contribution in [1.29, 1.82) is 0 Å². The highest BCUT2D eigenvalue weighted by Gasteiger charge is 2.43. The Morgan fingerprint density at radius 1 is 1.18 bits per heavy atom. The van der Waals surface area contributed by atoms with E-state index in [-0.39, 0.29) is 19.1 Å². The van der Waals surface area contributed by atoms with Gasteiger partial charge in [-0.25, -0.2) is 9.59 Å². The van der Waals surface area contributed by atoms with Crippen molar-refractivity contribution in [2.75, 3.05) is 26.9 Å². The van der Waals surface area contributed by atoms with Gasteiger partial charge in [-0.05, 0) is 30.7 Å². The van der Waals surface area contributed by atoms with Crippen molar-refractivity contribution in [2.45, 2.75) is 19.5 Å². The first kappa shape index (κ1) is 22.2. The Bertz CT molecular complexity index is 1100. The molecule has 2 heterocycles. The summed E-state index contributed by atoms with van der Waals surface area (Å²) in [5.41, 5.74) is 2.24. The summed E-state index contributed by atoms with van der Waals surface area (Å²) in [6.07, 6.45) is 0. The zero-order valence-corrected chi connectivity index (χ0v) is 18.4. The number of ether oxygens (including phenoxy) is 3. The number of hydrogen-bond acceptors (Lipinski definition) is 6. The first-order chi connectivity index (χ1) is 16.0. The highest BCUT2D eigenvalue weighted by molar-refractivity contribution is 5.98. The number of benzene rings is 2. The molecule has 33 heavy (non-hydrogen) atoms. The number of nitrogens with one attached hydrogen (secondary N) is 2. The quantitative estimate of drug-likeness (QED) is 0.597. The Morgan fingerprint density at radius 2 is 1.94 bits per heavy atom. The number of amides is 3. The second-order valence-corrected chi connectivity index (χ2v) is 7.50. The molecule has 172 valence electrons. The third-order valence-electron chi connectivity index (χ3n) is 5.48. The van der Waals surface area contributed by atoms with Gasteiger partial charge in [0.25, 0.3) is 0 Å². The number of rotatable bonds is 8. The lowest BCUT2D eigenvalue weighted by molar-refractivity contribution is -0.136. The van der Waals surface area contributed by atoms with Gasteiger partial charge < -0.3 is 24.8 Å². The third kappa shape index (κ3) is 4.62. The largest absolute Gasteiger partial charge is 0.497 e. The smallest absolute Gasteiger partial charge is 0.338 e. The first-order valence-electron chi connectivity index (χ1n) is 10.6. The molecule has 2 aliphatic rings. The van der Waals surface area contributed by atoms with Crippen LogP contribution in [0.2, 0.25) is 0 Å². The van der Waals surface area contributed by atoms with E-state index in [9.17, 15) is 14.4 Å². The molecule has 2 N–H and O–H groups in total. The van der Waals surface area contributed by atoms with Gasteiger partial charge in [0, 0.05) is 12.1 Å². The molecule has 0 radical (unpaired) electrons. The van der Waals surface area contributed by atoms with Gasteiger partial charge in [0.1, 0.15) is 24.7 Å². The summed E-state index contributed by atoms with van der Waals surface area (Å²) in [6.45, 7) is 2.29. The standard InChI is InChI=1S/C24H25N3O6/c1-3-32-19-7-5-4-6-17(19)22-21-18(14-33-23(21)29)27(24(30)26-22)13-20(28)25-12-15-8-10-16(31-2)11-9-15/h4-11,22H,3,12-14H2,1-2H3,(H,25,28)(H,26,30).